The monoisotopic (exact) mass is 2150 g/mol. The molecule has 1 fully saturated rings. The Hall–Kier alpha value is -15.3. The summed E-state index contributed by atoms with van der Waals surface area (Å²) >= 11 is 3.35. The highest BCUT2D eigenvalue weighted by Crippen LogP contribution is 2.44. The van der Waals surface area contributed by atoms with E-state index in [9.17, 15) is 117 Å². The van der Waals surface area contributed by atoms with Gasteiger partial charge >= 0.3 is 71.9 Å². The fraction of sp³-hybridized carbons (Fsp3) is 0.295. The number of halogens is 16. The highest BCUT2D eigenvalue weighted by atomic mass is 79.9. The average Bonchev–Trinajstić information content (AvgIpc) is 1.62. The zero-order valence-electron chi connectivity index (χ0n) is 79.2. The van der Waals surface area contributed by atoms with Crippen molar-refractivity contribution in [2.75, 3.05) is 52.6 Å². The summed E-state index contributed by atoms with van der Waals surface area (Å²) in [6.45, 7) is 14.5. The van der Waals surface area contributed by atoms with Gasteiger partial charge in [-0.2, -0.15) is 94.7 Å². The molecular weight excluding hydrogens is 2060 g/mol. The lowest BCUT2D eigenvalue weighted by Gasteiger charge is -2.32. The molecule has 0 bridgehead atoms. The molecule has 0 radical (unpaired) electrons. The van der Waals surface area contributed by atoms with Crippen LogP contribution in [0.5, 0.6) is 11.8 Å². The Bertz CT molecular complexity index is 7410. The second kappa shape index (κ2) is 42.8. The van der Waals surface area contributed by atoms with Crippen molar-refractivity contribution >= 4 is 143 Å². The Kier molecular flexibility index (Phi) is 31.7. The van der Waals surface area contributed by atoms with Crippen LogP contribution in [0.1, 0.15) is 106 Å². The summed E-state index contributed by atoms with van der Waals surface area (Å²) in [6.07, 6.45) is -20.4. The number of hydrogen-bond donors (Lipinski definition) is 4. The summed E-state index contributed by atoms with van der Waals surface area (Å²) in [5.74, 6) is -1.47. The van der Waals surface area contributed by atoms with E-state index in [2.05, 4.69) is 61.8 Å². The van der Waals surface area contributed by atoms with Crippen LogP contribution in [0.4, 0.5) is 113 Å². The predicted octanol–water partition coefficient (Wildman–Crippen LogP) is 19.3. The van der Waals surface area contributed by atoms with Crippen LogP contribution in [0.2, 0.25) is 0 Å². The molecule has 6 amide bonds. The van der Waals surface area contributed by atoms with Crippen LogP contribution in [0.25, 0.3) is 66.8 Å². The van der Waals surface area contributed by atoms with E-state index in [0.29, 0.717) is 74.1 Å². The second-order valence-corrected chi connectivity index (χ2v) is 36.1. The number of aromatic nitrogens is 10. The van der Waals surface area contributed by atoms with Crippen LogP contribution in [-0.4, -0.2) is 161 Å². The summed E-state index contributed by atoms with van der Waals surface area (Å²) in [6, 6.07) is 43.3. The molecular formula is C95H86BBrF15N15O19S. The second-order valence-electron chi connectivity index (χ2n) is 33.7. The molecule has 0 spiro atoms. The number of para-hydroxylation sites is 1. The molecule has 34 nitrogen and oxygen atoms in total. The van der Waals surface area contributed by atoms with Crippen LogP contribution in [-0.2, 0) is 147 Å². The van der Waals surface area contributed by atoms with Gasteiger partial charge in [-0.1, -0.05) is 70.5 Å². The lowest BCUT2D eigenvalue weighted by Crippen LogP contribution is -2.41. The molecule has 13 aromatic rings. The normalized spacial score (nSPS) is 14.6. The Morgan fingerprint density at radius 2 is 0.762 bits per heavy atom. The standard InChI is InChI=1S/C19H18F3N3O5.C17H13F6N3O5S.C16H14F3N3O3.C14H18BNO3.C13H10F3N3O.C8H6BrNO.C8H7NO/c1-4-28-17(26)25-13-7-6-11(14-10-15(19(20,21)22)23-24(14)3)8-12(13)9-16(25)30-18(27)29-5-2;1-3-30-15(27)26-11-5-4-9(12-8-13(16(18,19)20)24-25(12)2)6-10(11)7-14(26)31-32(28,29)17(21,22)23;1-3-25-15(24)22-11-5-4-9(6-10(11)7-14(22)23)12-8-13(16(17,18)19)20-21(12)2;1-13(2)14(3,4)19-15(18-13)10-5-6-11-9(7-10)8-12(17)16-11;1-19-10(6-11(18-19)13(14,15)16)7-2-3-9-8(4-7)5-12(20)17-9;9-6-1-2-7-5(3-6)4-8(11)10-7;10-8-5-6-3-1-2-4-7(6)9-8/h6-10H,4-5H2,1-3H3;4-8H,3H2,1-2H3;4-6,8H,3,7H2,1-2H3;5-7H,8H2,1-4H3,(H,16,17);2-4,6H,5H2,1H3,(H,17,20);1-3H,4H2,(H,10,11);1-4H,5H2,(H,9,10). The molecule has 147 heavy (non-hydrogen) atoms. The summed E-state index contributed by atoms with van der Waals surface area (Å²) in [5, 5.41) is 25.3. The fourth-order valence-electron chi connectivity index (χ4n) is 15.5. The Morgan fingerprint density at radius 1 is 0.408 bits per heavy atom. The predicted molar refractivity (Wildman–Crippen MR) is 504 cm³/mol. The quantitative estimate of drug-likeness (QED) is 0.0220. The highest BCUT2D eigenvalue weighted by molar-refractivity contribution is 9.10. The summed E-state index contributed by atoms with van der Waals surface area (Å²) < 4.78 is 263. The van der Waals surface area contributed by atoms with E-state index < -0.39 is 99.3 Å². The molecule has 52 heteroatoms. The molecule has 6 aliphatic heterocycles. The van der Waals surface area contributed by atoms with E-state index in [-0.39, 0.29) is 121 Å². The first-order valence-corrected chi connectivity index (χ1v) is 46.2. The fourth-order valence-corrected chi connectivity index (χ4v) is 16.3. The van der Waals surface area contributed by atoms with Gasteiger partial charge in [-0.05, 0) is 192 Å². The first-order chi connectivity index (χ1) is 68.8. The number of fused-ring (bicyclic) bond motifs is 7. The third-order valence-electron chi connectivity index (χ3n) is 22.9. The van der Waals surface area contributed by atoms with Crippen LogP contribution < -0.4 is 40.5 Å². The van der Waals surface area contributed by atoms with E-state index in [1.807, 2.05) is 88.4 Å². The van der Waals surface area contributed by atoms with Crippen LogP contribution in [0, 0.1) is 0 Å². The van der Waals surface area contributed by atoms with Crippen molar-refractivity contribution in [2.24, 2.45) is 28.2 Å². The lowest BCUT2D eigenvalue weighted by molar-refractivity contribution is -0.142. The maximum Gasteiger partial charge on any atom is 0.534 e. The lowest BCUT2D eigenvalue weighted by atomic mass is 9.78. The first-order valence-electron chi connectivity index (χ1n) is 44.0. The number of rotatable bonds is 12. The number of alkyl halides is 15. The number of imide groups is 1. The Balaban J connectivity index is 0.000000147. The molecule has 0 saturated carbocycles. The van der Waals surface area contributed by atoms with E-state index in [4.69, 9.17) is 33.0 Å². The van der Waals surface area contributed by atoms with Gasteiger partial charge in [-0.15, -0.1) is 0 Å². The molecule has 6 aromatic heterocycles. The third-order valence-corrected chi connectivity index (χ3v) is 24.4. The molecule has 4 N–H and O–H groups in total. The maximum absolute atomic E-state index is 13.0. The third kappa shape index (κ3) is 24.9. The first kappa shape index (κ1) is 109. The number of nitrogens with zero attached hydrogens (tertiary/aromatic N) is 11. The van der Waals surface area contributed by atoms with Gasteiger partial charge in [0, 0.05) is 101 Å². The number of amides is 6. The summed E-state index contributed by atoms with van der Waals surface area (Å²) in [7, 11) is -0.969. The molecule has 19 rings (SSSR count). The van der Waals surface area contributed by atoms with Gasteiger partial charge in [-0.25, -0.2) is 33.2 Å². The Morgan fingerprint density at radius 3 is 1.18 bits per heavy atom. The molecule has 0 unspecified atom stereocenters. The van der Waals surface area contributed by atoms with Gasteiger partial charge in [0.15, 0.2) is 22.8 Å². The number of carbonyl (C=O) groups excluding carboxylic acids is 9. The van der Waals surface area contributed by atoms with Gasteiger partial charge in [0.05, 0.1) is 109 Å². The van der Waals surface area contributed by atoms with Crippen molar-refractivity contribution in [3.05, 3.63) is 225 Å². The molecule has 776 valence electrons. The summed E-state index contributed by atoms with van der Waals surface area (Å²) in [4.78, 5) is 106. The number of ether oxygens (including phenoxy) is 5. The molecule has 7 aromatic carbocycles. The van der Waals surface area contributed by atoms with Crippen molar-refractivity contribution in [2.45, 2.75) is 129 Å². The van der Waals surface area contributed by atoms with Crippen LogP contribution >= 0.6 is 15.9 Å². The average molecular weight is 2150 g/mol. The van der Waals surface area contributed by atoms with E-state index in [0.717, 1.165) is 103 Å². The van der Waals surface area contributed by atoms with E-state index in [1.54, 1.807) is 57.2 Å². The summed E-state index contributed by atoms with van der Waals surface area (Å²) in [5.41, 5.74) is 1.58. The van der Waals surface area contributed by atoms with Gasteiger partial charge < -0.3 is 58.4 Å². The highest BCUT2D eigenvalue weighted by Gasteiger charge is 2.53. The molecule has 0 aliphatic carbocycles. The molecule has 12 heterocycles. The van der Waals surface area contributed by atoms with Crippen LogP contribution in [0.3, 0.4) is 0 Å². The van der Waals surface area contributed by atoms with Crippen molar-refractivity contribution in [3.63, 3.8) is 0 Å². The minimum absolute atomic E-state index is 0.00214. The van der Waals surface area contributed by atoms with E-state index >= 15 is 0 Å². The minimum Gasteiger partial charge on any atom is -0.449 e. The SMILES string of the molecule is CC1(C)OB(c2ccc3c(c2)CC(=O)N3)OC1(C)C.CCOC(=O)N1C(=O)Cc2cc(-c3cc(C(F)(F)F)nn3C)ccc21.CCOC(=O)Oc1cc2cc(-c3cc(C(F)(F)F)nn3C)ccc2n1C(=O)OCC.CCOC(=O)n1c(OS(=O)(=O)C(F)(F)F)cc2cc(-c3cc(C(F)(F)F)nn3C)ccc21.Cn1nc(C(F)(F)F)cc1-c1ccc2c(c1)CC(=O)N2.O=C1Cc2cc(Br)ccc2N1.O=C1Cc2ccccc2N1. The zero-order chi connectivity index (χ0) is 108. The number of carbonyl (C=O) groups is 9. The van der Waals surface area contributed by atoms with Crippen molar-refractivity contribution in [1.82, 2.24) is 48.3 Å². The largest absolute Gasteiger partial charge is 0.534 e. The molecule has 1 saturated heterocycles. The van der Waals surface area contributed by atoms with Crippen molar-refractivity contribution < 1.29 is 155 Å². The maximum atomic E-state index is 13.0. The topological polar surface area (TPSA) is 394 Å². The van der Waals surface area contributed by atoms with Crippen molar-refractivity contribution in [1.29, 1.82) is 0 Å². The number of anilines is 5. The van der Waals surface area contributed by atoms with Crippen molar-refractivity contribution in [3.8, 4) is 56.8 Å². The van der Waals surface area contributed by atoms with Gasteiger partial charge in [0.25, 0.3) is 0 Å². The smallest absolute Gasteiger partial charge is 0.449 e. The number of nitrogens with one attached hydrogen (secondary N) is 4. The minimum atomic E-state index is -6.12. The number of aryl methyl sites for hydroxylation is 4. The number of benzene rings is 7. The zero-order valence-corrected chi connectivity index (χ0v) is 81.6. The van der Waals surface area contributed by atoms with E-state index in [1.165, 1.54) is 82.3 Å². The Labute approximate surface area is 833 Å². The molecule has 6 aliphatic rings. The molecule has 0 atom stereocenters. The van der Waals surface area contributed by atoms with Crippen LogP contribution in [0.15, 0.2) is 174 Å². The number of hydrogen-bond acceptors (Lipinski definition) is 23. The van der Waals surface area contributed by atoms with Gasteiger partial charge in [0.2, 0.25) is 41.3 Å². The van der Waals surface area contributed by atoms with Gasteiger partial charge in [-0.3, -0.25) is 42.7 Å². The van der Waals surface area contributed by atoms with Gasteiger partial charge in [0.1, 0.15) is 0 Å².